The van der Waals surface area contributed by atoms with Crippen LogP contribution < -0.4 is 4.72 Å². The van der Waals surface area contributed by atoms with Gasteiger partial charge in [-0.2, -0.15) is 0 Å². The minimum atomic E-state index is -3.25. The lowest BCUT2D eigenvalue weighted by atomic mass is 10.2. The Morgan fingerprint density at radius 3 is 2.35 bits per heavy atom. The molecule has 7 nitrogen and oxygen atoms in total. The van der Waals surface area contributed by atoms with Crippen LogP contribution in [-0.2, 0) is 17.1 Å². The molecule has 8 heteroatoms. The first-order valence-electron chi connectivity index (χ1n) is 4.76. The molecular weight excluding hydrogens is 242 g/mol. The summed E-state index contributed by atoms with van der Waals surface area (Å²) in [5.41, 5.74) is 1.32. The van der Waals surface area contributed by atoms with E-state index in [9.17, 15) is 8.42 Å². The fourth-order valence-corrected chi connectivity index (χ4v) is 1.94. The monoisotopic (exact) mass is 253 g/mol. The van der Waals surface area contributed by atoms with Crippen LogP contribution in [0.15, 0.2) is 24.3 Å². The Morgan fingerprint density at radius 2 is 1.88 bits per heavy atom. The quantitative estimate of drug-likeness (QED) is 0.846. The number of hydrogen-bond donors (Lipinski definition) is 1. The van der Waals surface area contributed by atoms with E-state index in [4.69, 9.17) is 0 Å². The number of nitrogens with one attached hydrogen (secondary N) is 1. The Kier molecular flexibility index (Phi) is 2.80. The van der Waals surface area contributed by atoms with Crippen molar-refractivity contribution in [3.05, 3.63) is 24.3 Å². The molecule has 0 radical (unpaired) electrons. The molecule has 1 aromatic carbocycles. The molecule has 0 atom stereocenters. The standard InChI is InChI=1S/C9H11N5O2S/c1-14-9(10-12-13-14)7-3-5-8(6-4-7)11-17(2,15)16/h3-6,11H,1-2H3. The Hall–Kier alpha value is -1.96. The zero-order valence-electron chi connectivity index (χ0n) is 9.32. The summed E-state index contributed by atoms with van der Waals surface area (Å²) in [7, 11) is -1.51. The van der Waals surface area contributed by atoms with Crippen molar-refractivity contribution < 1.29 is 8.42 Å². The molecule has 17 heavy (non-hydrogen) atoms. The molecule has 0 aliphatic rings. The zero-order chi connectivity index (χ0) is 12.5. The van der Waals surface area contributed by atoms with Crippen LogP contribution in [0.25, 0.3) is 11.4 Å². The Labute approximate surface area is 98.5 Å². The van der Waals surface area contributed by atoms with Crippen molar-refractivity contribution in [1.29, 1.82) is 0 Å². The van der Waals surface area contributed by atoms with Crippen LogP contribution in [0.1, 0.15) is 0 Å². The Bertz CT molecular complexity index is 617. The number of aryl methyl sites for hydroxylation is 1. The van der Waals surface area contributed by atoms with E-state index in [1.54, 1.807) is 36.0 Å². The number of rotatable bonds is 3. The van der Waals surface area contributed by atoms with Crippen LogP contribution in [-0.4, -0.2) is 34.9 Å². The highest BCUT2D eigenvalue weighted by Crippen LogP contribution is 2.18. The first-order chi connectivity index (χ1) is 7.96. The predicted octanol–water partition coefficient (Wildman–Crippen LogP) is 0.249. The number of aromatic nitrogens is 4. The van der Waals surface area contributed by atoms with E-state index in [0.717, 1.165) is 11.8 Å². The van der Waals surface area contributed by atoms with Crippen LogP contribution >= 0.6 is 0 Å². The fraction of sp³-hybridized carbons (Fsp3) is 0.222. The predicted molar refractivity (Wildman–Crippen MR) is 62.7 cm³/mol. The van der Waals surface area contributed by atoms with Crippen molar-refractivity contribution in [3.8, 4) is 11.4 Å². The molecule has 0 spiro atoms. The average molecular weight is 253 g/mol. The van der Waals surface area contributed by atoms with E-state index in [2.05, 4.69) is 20.2 Å². The summed E-state index contributed by atoms with van der Waals surface area (Å²) in [6, 6.07) is 6.81. The van der Waals surface area contributed by atoms with Crippen molar-refractivity contribution in [1.82, 2.24) is 20.2 Å². The van der Waals surface area contributed by atoms with Gasteiger partial charge in [-0.25, -0.2) is 13.1 Å². The number of benzene rings is 1. The smallest absolute Gasteiger partial charge is 0.229 e. The second kappa shape index (κ2) is 4.13. The maximum atomic E-state index is 11.0. The summed E-state index contributed by atoms with van der Waals surface area (Å²) in [4.78, 5) is 0. The molecule has 0 aliphatic heterocycles. The number of tetrazole rings is 1. The summed E-state index contributed by atoms with van der Waals surface area (Å²) >= 11 is 0. The summed E-state index contributed by atoms with van der Waals surface area (Å²) in [5.74, 6) is 0.621. The lowest BCUT2D eigenvalue weighted by Crippen LogP contribution is -2.09. The van der Waals surface area contributed by atoms with Crippen molar-refractivity contribution in [2.75, 3.05) is 11.0 Å². The Morgan fingerprint density at radius 1 is 1.24 bits per heavy atom. The summed E-state index contributed by atoms with van der Waals surface area (Å²) in [5, 5.41) is 11.1. The third-order valence-electron chi connectivity index (χ3n) is 2.07. The molecule has 90 valence electrons. The highest BCUT2D eigenvalue weighted by Gasteiger charge is 2.06. The maximum absolute atomic E-state index is 11.0. The average Bonchev–Trinajstić information content (AvgIpc) is 2.63. The molecule has 0 aliphatic carbocycles. The van der Waals surface area contributed by atoms with Crippen molar-refractivity contribution in [3.63, 3.8) is 0 Å². The number of hydrogen-bond acceptors (Lipinski definition) is 5. The van der Waals surface area contributed by atoms with E-state index in [1.165, 1.54) is 0 Å². The minimum absolute atomic E-state index is 0.506. The van der Waals surface area contributed by atoms with Crippen molar-refractivity contribution >= 4 is 15.7 Å². The van der Waals surface area contributed by atoms with Crippen LogP contribution in [0.3, 0.4) is 0 Å². The summed E-state index contributed by atoms with van der Waals surface area (Å²) < 4.78 is 26.0. The van der Waals surface area contributed by atoms with Gasteiger partial charge in [-0.3, -0.25) is 4.72 Å². The largest absolute Gasteiger partial charge is 0.284 e. The highest BCUT2D eigenvalue weighted by molar-refractivity contribution is 7.92. The van der Waals surface area contributed by atoms with E-state index < -0.39 is 10.0 Å². The van der Waals surface area contributed by atoms with Crippen LogP contribution in [0, 0.1) is 0 Å². The number of sulfonamides is 1. The topological polar surface area (TPSA) is 89.8 Å². The van der Waals surface area contributed by atoms with Gasteiger partial charge in [0.25, 0.3) is 0 Å². The fourth-order valence-electron chi connectivity index (χ4n) is 1.38. The third kappa shape index (κ3) is 2.78. The van der Waals surface area contributed by atoms with E-state index in [0.29, 0.717) is 11.5 Å². The molecule has 2 aromatic rings. The number of nitrogens with zero attached hydrogens (tertiary/aromatic N) is 4. The molecule has 0 amide bonds. The molecule has 0 bridgehead atoms. The van der Waals surface area contributed by atoms with E-state index >= 15 is 0 Å². The van der Waals surface area contributed by atoms with Crippen LogP contribution in [0.4, 0.5) is 5.69 Å². The molecule has 0 fully saturated rings. The molecular formula is C9H11N5O2S. The van der Waals surface area contributed by atoms with Gasteiger partial charge in [0.15, 0.2) is 5.82 Å². The molecule has 1 N–H and O–H groups in total. The zero-order valence-corrected chi connectivity index (χ0v) is 10.1. The van der Waals surface area contributed by atoms with Gasteiger partial charge in [-0.15, -0.1) is 5.10 Å². The van der Waals surface area contributed by atoms with Gasteiger partial charge >= 0.3 is 0 Å². The van der Waals surface area contributed by atoms with Gasteiger partial charge in [-0.05, 0) is 34.7 Å². The second-order valence-corrected chi connectivity index (χ2v) is 5.33. The van der Waals surface area contributed by atoms with Gasteiger partial charge < -0.3 is 0 Å². The SMILES string of the molecule is Cn1nnnc1-c1ccc(NS(C)(=O)=O)cc1. The lowest BCUT2D eigenvalue weighted by Gasteiger charge is -2.04. The third-order valence-corrected chi connectivity index (χ3v) is 2.67. The molecule has 1 heterocycles. The van der Waals surface area contributed by atoms with Gasteiger partial charge in [0.1, 0.15) is 0 Å². The lowest BCUT2D eigenvalue weighted by molar-refractivity contribution is 0.607. The highest BCUT2D eigenvalue weighted by atomic mass is 32.2. The minimum Gasteiger partial charge on any atom is -0.284 e. The van der Waals surface area contributed by atoms with Gasteiger partial charge in [0.2, 0.25) is 10.0 Å². The first-order valence-corrected chi connectivity index (χ1v) is 6.65. The van der Waals surface area contributed by atoms with Crippen molar-refractivity contribution in [2.24, 2.45) is 7.05 Å². The number of anilines is 1. The first kappa shape index (κ1) is 11.5. The molecule has 1 aromatic heterocycles. The normalized spacial score (nSPS) is 11.4. The summed E-state index contributed by atoms with van der Waals surface area (Å²) in [6.45, 7) is 0. The molecule has 0 saturated carbocycles. The van der Waals surface area contributed by atoms with Gasteiger partial charge in [0, 0.05) is 18.3 Å². The van der Waals surface area contributed by atoms with Gasteiger partial charge in [0.05, 0.1) is 6.26 Å². The Balaban J connectivity index is 2.28. The van der Waals surface area contributed by atoms with Crippen molar-refractivity contribution in [2.45, 2.75) is 0 Å². The molecule has 2 rings (SSSR count). The molecule has 0 saturated heterocycles. The van der Waals surface area contributed by atoms with E-state index in [-0.39, 0.29) is 0 Å². The maximum Gasteiger partial charge on any atom is 0.229 e. The van der Waals surface area contributed by atoms with Crippen LogP contribution in [0.2, 0.25) is 0 Å². The molecule has 0 unspecified atom stereocenters. The summed E-state index contributed by atoms with van der Waals surface area (Å²) in [6.07, 6.45) is 1.10. The van der Waals surface area contributed by atoms with E-state index in [1.807, 2.05) is 0 Å². The second-order valence-electron chi connectivity index (χ2n) is 3.58. The van der Waals surface area contributed by atoms with Gasteiger partial charge in [-0.1, -0.05) is 0 Å². The van der Waals surface area contributed by atoms with Crippen LogP contribution in [0.5, 0.6) is 0 Å².